The van der Waals surface area contributed by atoms with E-state index in [4.69, 9.17) is 4.52 Å². The number of anilines is 1. The number of hydrogen-bond donors (Lipinski definition) is 1. The molecule has 1 aromatic carbocycles. The lowest BCUT2D eigenvalue weighted by atomic mass is 10.1. The Morgan fingerprint density at radius 2 is 2.26 bits per heavy atom. The van der Waals surface area contributed by atoms with Crippen molar-refractivity contribution in [3.63, 3.8) is 0 Å². The summed E-state index contributed by atoms with van der Waals surface area (Å²) in [5.74, 6) is 0.274. The van der Waals surface area contributed by atoms with Crippen LogP contribution < -0.4 is 5.32 Å². The number of carbonyl (C=O) groups is 1. The van der Waals surface area contributed by atoms with Crippen LogP contribution in [0.4, 0.5) is 10.1 Å². The number of amides is 1. The highest BCUT2D eigenvalue weighted by Crippen LogP contribution is 2.43. The van der Waals surface area contributed by atoms with E-state index in [0.717, 1.165) is 30.6 Å². The van der Waals surface area contributed by atoms with Crippen LogP contribution in [-0.2, 0) is 13.0 Å². The molecule has 1 amide bonds. The molecule has 7 nitrogen and oxygen atoms in total. The molecule has 3 heterocycles. The fourth-order valence-corrected chi connectivity index (χ4v) is 3.46. The van der Waals surface area contributed by atoms with Gasteiger partial charge in [0, 0.05) is 17.8 Å². The number of nitrogens with zero attached hydrogens (tertiary/aromatic N) is 4. The van der Waals surface area contributed by atoms with Crippen molar-refractivity contribution in [2.75, 3.05) is 5.32 Å². The van der Waals surface area contributed by atoms with Crippen molar-refractivity contribution in [2.45, 2.75) is 44.8 Å². The number of carbonyl (C=O) groups excluding carboxylic acids is 1. The van der Waals surface area contributed by atoms with Crippen LogP contribution in [0.15, 0.2) is 28.9 Å². The second kappa shape index (κ2) is 6.00. The molecule has 1 saturated carbocycles. The van der Waals surface area contributed by atoms with Crippen molar-refractivity contribution in [1.29, 1.82) is 0 Å². The summed E-state index contributed by atoms with van der Waals surface area (Å²) in [6.45, 7) is 2.78. The zero-order valence-corrected chi connectivity index (χ0v) is 14.8. The van der Waals surface area contributed by atoms with Gasteiger partial charge in [0.15, 0.2) is 0 Å². The topological polar surface area (TPSA) is 85.8 Å². The highest BCUT2D eigenvalue weighted by Gasteiger charge is 2.43. The number of halogens is 1. The Morgan fingerprint density at radius 3 is 3.07 bits per heavy atom. The molecule has 1 aliphatic heterocycles. The molecule has 0 saturated heterocycles. The van der Waals surface area contributed by atoms with Crippen molar-refractivity contribution in [3.8, 4) is 11.4 Å². The molecule has 0 radical (unpaired) electrons. The third-order valence-corrected chi connectivity index (χ3v) is 5.19. The van der Waals surface area contributed by atoms with E-state index >= 15 is 0 Å². The fraction of sp³-hybridized carbons (Fsp3) is 0.368. The van der Waals surface area contributed by atoms with Crippen LogP contribution in [-0.4, -0.2) is 32.0 Å². The summed E-state index contributed by atoms with van der Waals surface area (Å²) in [6.07, 6.45) is 3.05. The molecule has 0 spiro atoms. The molecule has 2 atom stereocenters. The maximum atomic E-state index is 13.2. The van der Waals surface area contributed by atoms with Gasteiger partial charge < -0.3 is 9.84 Å². The molecule has 8 heteroatoms. The predicted molar refractivity (Wildman–Crippen MR) is 95.2 cm³/mol. The van der Waals surface area contributed by atoms with E-state index in [0.29, 0.717) is 35.0 Å². The normalized spacial score (nSPS) is 20.5. The summed E-state index contributed by atoms with van der Waals surface area (Å²) in [7, 11) is 0. The first-order chi connectivity index (χ1) is 13.1. The average Bonchev–Trinajstić information content (AvgIpc) is 3.08. The lowest BCUT2D eigenvalue weighted by molar-refractivity contribution is 0.102. The number of aryl methyl sites for hydroxylation is 2. The first-order valence-corrected chi connectivity index (χ1v) is 9.05. The van der Waals surface area contributed by atoms with Crippen LogP contribution in [0.25, 0.3) is 11.4 Å². The van der Waals surface area contributed by atoms with Crippen LogP contribution in [0.2, 0.25) is 0 Å². The van der Waals surface area contributed by atoms with E-state index in [1.165, 1.54) is 0 Å². The van der Waals surface area contributed by atoms with Gasteiger partial charge in [-0.1, -0.05) is 17.3 Å². The molecule has 27 heavy (non-hydrogen) atoms. The summed E-state index contributed by atoms with van der Waals surface area (Å²) in [5, 5.41) is 11.2. The molecule has 1 fully saturated rings. The van der Waals surface area contributed by atoms with E-state index < -0.39 is 6.17 Å². The Kier molecular flexibility index (Phi) is 3.60. The summed E-state index contributed by atoms with van der Waals surface area (Å²) < 4.78 is 20.2. The number of benzene rings is 1. The maximum Gasteiger partial charge on any atom is 0.259 e. The number of nitrogens with one attached hydrogen (secondary N) is 1. The first kappa shape index (κ1) is 16.2. The molecule has 1 N–H and O–H groups in total. The number of fused-ring (bicyclic) bond motifs is 1. The third kappa shape index (κ3) is 2.81. The minimum absolute atomic E-state index is 0.176. The van der Waals surface area contributed by atoms with Gasteiger partial charge in [-0.3, -0.25) is 9.48 Å². The van der Waals surface area contributed by atoms with Crippen LogP contribution in [0, 0.1) is 6.92 Å². The second-order valence-corrected chi connectivity index (χ2v) is 7.13. The van der Waals surface area contributed by atoms with E-state index in [1.54, 1.807) is 6.20 Å². The Balaban J connectivity index is 1.40. The lowest BCUT2D eigenvalue weighted by Crippen LogP contribution is -2.14. The first-order valence-electron chi connectivity index (χ1n) is 9.05. The second-order valence-electron chi connectivity index (χ2n) is 7.13. The zero-order valence-electron chi connectivity index (χ0n) is 14.8. The molecule has 5 rings (SSSR count). The maximum absolute atomic E-state index is 13.2. The van der Waals surface area contributed by atoms with Gasteiger partial charge in [0.2, 0.25) is 11.7 Å². The monoisotopic (exact) mass is 367 g/mol. The van der Waals surface area contributed by atoms with E-state index in [1.807, 2.05) is 29.8 Å². The number of aromatic nitrogens is 4. The molecular weight excluding hydrogens is 349 g/mol. The van der Waals surface area contributed by atoms with Crippen LogP contribution >= 0.6 is 0 Å². The van der Waals surface area contributed by atoms with Gasteiger partial charge in [0.25, 0.3) is 5.91 Å². The third-order valence-electron chi connectivity index (χ3n) is 5.19. The Labute approximate surface area is 154 Å². The molecule has 2 aromatic heterocycles. The van der Waals surface area contributed by atoms with Crippen molar-refractivity contribution in [3.05, 3.63) is 47.1 Å². The summed E-state index contributed by atoms with van der Waals surface area (Å²) >= 11 is 0. The van der Waals surface area contributed by atoms with Gasteiger partial charge in [-0.25, -0.2) is 4.39 Å². The zero-order chi connectivity index (χ0) is 18.5. The Morgan fingerprint density at radius 1 is 1.41 bits per heavy atom. The molecule has 138 valence electrons. The highest BCUT2D eigenvalue weighted by molar-refractivity contribution is 6.05. The largest absolute Gasteiger partial charge is 0.339 e. The fourth-order valence-electron chi connectivity index (χ4n) is 3.46. The quantitative estimate of drug-likeness (QED) is 0.765. The van der Waals surface area contributed by atoms with Gasteiger partial charge in [0.1, 0.15) is 6.17 Å². The van der Waals surface area contributed by atoms with E-state index in [2.05, 4.69) is 20.6 Å². The van der Waals surface area contributed by atoms with Crippen LogP contribution in [0.1, 0.15) is 46.3 Å². The van der Waals surface area contributed by atoms with Crippen molar-refractivity contribution in [1.82, 2.24) is 19.9 Å². The van der Waals surface area contributed by atoms with Gasteiger partial charge in [-0.05, 0) is 37.8 Å². The summed E-state index contributed by atoms with van der Waals surface area (Å²) in [5.41, 5.74) is 3.90. The lowest BCUT2D eigenvalue weighted by Gasteiger charge is -2.09. The van der Waals surface area contributed by atoms with Crippen LogP contribution in [0.3, 0.4) is 0 Å². The van der Waals surface area contributed by atoms with Crippen molar-refractivity contribution >= 4 is 11.6 Å². The van der Waals surface area contributed by atoms with Gasteiger partial charge in [0.05, 0.1) is 23.4 Å². The van der Waals surface area contributed by atoms with Crippen molar-refractivity contribution < 1.29 is 13.7 Å². The Bertz CT molecular complexity index is 1040. The number of hydrogen-bond acceptors (Lipinski definition) is 5. The number of rotatable bonds is 4. The van der Waals surface area contributed by atoms with Gasteiger partial charge >= 0.3 is 0 Å². The molecular formula is C19H18FN5O2. The molecule has 3 aromatic rings. The highest BCUT2D eigenvalue weighted by atomic mass is 19.1. The SMILES string of the molecule is Cc1ccc(-c2noc([C@H]3C[C@@H]3F)n2)cc1NC(=O)c1cnn2c1CCC2. The minimum atomic E-state index is -0.885. The molecule has 1 aliphatic carbocycles. The molecule has 0 bridgehead atoms. The average molecular weight is 367 g/mol. The smallest absolute Gasteiger partial charge is 0.259 e. The summed E-state index contributed by atoms with van der Waals surface area (Å²) in [4.78, 5) is 17.0. The van der Waals surface area contributed by atoms with Gasteiger partial charge in [-0.15, -0.1) is 0 Å². The molecule has 0 unspecified atom stereocenters. The predicted octanol–water partition coefficient (Wildman–Crippen LogP) is 3.27. The minimum Gasteiger partial charge on any atom is -0.339 e. The standard InChI is InChI=1S/C19H18FN5O2/c1-10-4-5-11(17-23-19(27-24-17)12-8-14(12)20)7-15(10)22-18(26)13-9-21-25-6-2-3-16(13)25/h4-5,7,9,12,14H,2-3,6,8H2,1H3,(H,22,26)/t12-,14-/m0/s1. The van der Waals surface area contributed by atoms with E-state index in [9.17, 15) is 9.18 Å². The van der Waals surface area contributed by atoms with Crippen molar-refractivity contribution in [2.24, 2.45) is 0 Å². The Hall–Kier alpha value is -3.03. The van der Waals surface area contributed by atoms with Crippen LogP contribution in [0.5, 0.6) is 0 Å². The molecule has 2 aliphatic rings. The summed E-state index contributed by atoms with van der Waals surface area (Å²) in [6, 6.07) is 5.56. The number of alkyl halides is 1. The van der Waals surface area contributed by atoms with E-state index in [-0.39, 0.29) is 11.8 Å². The van der Waals surface area contributed by atoms with Gasteiger partial charge in [-0.2, -0.15) is 10.1 Å².